The highest BCUT2D eigenvalue weighted by Gasteiger charge is 2.26. The molecule has 1 aromatic rings. The number of alkyl halides is 2. The molecule has 5 nitrogen and oxygen atoms in total. The summed E-state index contributed by atoms with van der Waals surface area (Å²) in [5.74, 6) is -1.09. The van der Waals surface area contributed by atoms with Gasteiger partial charge in [-0.1, -0.05) is 12.1 Å². The number of hydrogen-bond acceptors (Lipinski definition) is 3. The predicted octanol–water partition coefficient (Wildman–Crippen LogP) is 2.54. The van der Waals surface area contributed by atoms with Gasteiger partial charge in [-0.3, -0.25) is 9.59 Å². The number of carbonyl (C=O) groups excluding carboxylic acids is 1. The monoisotopic (exact) mass is 327 g/mol. The van der Waals surface area contributed by atoms with Crippen molar-refractivity contribution in [1.82, 2.24) is 4.90 Å². The lowest BCUT2D eigenvalue weighted by Gasteiger charge is -2.30. The lowest BCUT2D eigenvalue weighted by Crippen LogP contribution is -2.40. The molecule has 1 saturated heterocycles. The number of benzene rings is 1. The summed E-state index contributed by atoms with van der Waals surface area (Å²) < 4.78 is 28.4. The Balaban J connectivity index is 1.77. The summed E-state index contributed by atoms with van der Waals surface area (Å²) in [5.41, 5.74) is 0.861. The molecule has 1 aliphatic heterocycles. The van der Waals surface area contributed by atoms with E-state index in [0.717, 1.165) is 5.56 Å². The van der Waals surface area contributed by atoms with Crippen LogP contribution in [0.3, 0.4) is 0 Å². The normalized spacial score (nSPS) is 15.7. The van der Waals surface area contributed by atoms with E-state index in [1.807, 2.05) is 0 Å². The second-order valence-electron chi connectivity index (χ2n) is 5.52. The van der Waals surface area contributed by atoms with Gasteiger partial charge >= 0.3 is 12.6 Å². The van der Waals surface area contributed by atoms with Gasteiger partial charge in [-0.05, 0) is 37.0 Å². The van der Waals surface area contributed by atoms with Gasteiger partial charge in [0.25, 0.3) is 0 Å². The quantitative estimate of drug-likeness (QED) is 0.872. The van der Waals surface area contributed by atoms with E-state index in [1.165, 1.54) is 12.1 Å². The molecule has 0 spiro atoms. The van der Waals surface area contributed by atoms with Gasteiger partial charge in [-0.15, -0.1) is 0 Å². The van der Waals surface area contributed by atoms with Crippen molar-refractivity contribution in [3.63, 3.8) is 0 Å². The highest BCUT2D eigenvalue weighted by atomic mass is 19.3. The second kappa shape index (κ2) is 7.89. The Morgan fingerprint density at radius 1 is 1.22 bits per heavy atom. The molecule has 1 fully saturated rings. The third kappa shape index (κ3) is 5.19. The van der Waals surface area contributed by atoms with Gasteiger partial charge in [0.05, 0.1) is 5.92 Å². The zero-order chi connectivity index (χ0) is 16.8. The molecule has 1 heterocycles. The first-order valence-corrected chi connectivity index (χ1v) is 7.50. The maximum atomic E-state index is 12.1. The van der Waals surface area contributed by atoms with Crippen LogP contribution in [0.15, 0.2) is 24.3 Å². The van der Waals surface area contributed by atoms with Gasteiger partial charge < -0.3 is 14.7 Å². The molecule has 0 atom stereocenters. The largest absolute Gasteiger partial charge is 0.481 e. The zero-order valence-corrected chi connectivity index (χ0v) is 12.6. The summed E-state index contributed by atoms with van der Waals surface area (Å²) in [5, 5.41) is 8.93. The lowest BCUT2D eigenvalue weighted by molar-refractivity contribution is -0.145. The van der Waals surface area contributed by atoms with Gasteiger partial charge in [-0.25, -0.2) is 0 Å². The number of rotatable bonds is 6. The number of ether oxygens (including phenoxy) is 1. The van der Waals surface area contributed by atoms with Crippen molar-refractivity contribution in [2.24, 2.45) is 5.92 Å². The molecule has 1 amide bonds. The van der Waals surface area contributed by atoms with E-state index in [2.05, 4.69) is 4.74 Å². The number of carboxylic acid groups (broad SMARTS) is 1. The van der Waals surface area contributed by atoms with E-state index in [4.69, 9.17) is 5.11 Å². The molecule has 0 bridgehead atoms. The van der Waals surface area contributed by atoms with Crippen LogP contribution in [0.4, 0.5) is 8.78 Å². The van der Waals surface area contributed by atoms with Crippen LogP contribution < -0.4 is 4.74 Å². The van der Waals surface area contributed by atoms with Crippen LogP contribution in [0.5, 0.6) is 5.75 Å². The fourth-order valence-corrected chi connectivity index (χ4v) is 2.62. The molecule has 1 N–H and O–H groups in total. The summed E-state index contributed by atoms with van der Waals surface area (Å²) in [4.78, 5) is 24.7. The van der Waals surface area contributed by atoms with Crippen LogP contribution in [0.1, 0.15) is 24.8 Å². The van der Waals surface area contributed by atoms with E-state index in [0.29, 0.717) is 38.8 Å². The number of carboxylic acids is 1. The molecular formula is C16H19F2NO4. The molecule has 1 aliphatic rings. The minimum Gasteiger partial charge on any atom is -0.481 e. The topological polar surface area (TPSA) is 66.8 Å². The minimum absolute atomic E-state index is 0.0123. The average Bonchev–Trinajstić information content (AvgIpc) is 2.53. The maximum absolute atomic E-state index is 12.1. The van der Waals surface area contributed by atoms with E-state index >= 15 is 0 Å². The first-order valence-electron chi connectivity index (χ1n) is 7.50. The van der Waals surface area contributed by atoms with Gasteiger partial charge in [0, 0.05) is 19.5 Å². The molecule has 0 saturated carbocycles. The standard InChI is InChI=1S/C16H19F2NO4/c17-16(18)23-13-4-1-11(2-5-13)3-6-14(20)19-9-7-12(8-10-19)15(21)22/h1-2,4-5,12,16H,3,6-10H2,(H,21,22). The molecule has 0 aliphatic carbocycles. The van der Waals surface area contributed by atoms with Crippen molar-refractivity contribution < 1.29 is 28.2 Å². The molecule has 23 heavy (non-hydrogen) atoms. The van der Waals surface area contributed by atoms with Crippen molar-refractivity contribution in [2.75, 3.05) is 13.1 Å². The van der Waals surface area contributed by atoms with E-state index < -0.39 is 12.6 Å². The highest BCUT2D eigenvalue weighted by molar-refractivity contribution is 5.77. The first kappa shape index (κ1) is 17.2. The Kier molecular flexibility index (Phi) is 5.90. The average molecular weight is 327 g/mol. The summed E-state index contributed by atoms with van der Waals surface area (Å²) in [6.45, 7) is -1.91. The zero-order valence-electron chi connectivity index (χ0n) is 12.6. The molecule has 2 rings (SSSR count). The predicted molar refractivity (Wildman–Crippen MR) is 78.3 cm³/mol. The summed E-state index contributed by atoms with van der Waals surface area (Å²) in [7, 11) is 0. The van der Waals surface area contributed by atoms with Gasteiger partial charge in [0.1, 0.15) is 5.75 Å². The molecular weight excluding hydrogens is 308 g/mol. The van der Waals surface area contributed by atoms with E-state index in [-0.39, 0.29) is 17.6 Å². The molecule has 0 aromatic heterocycles. The van der Waals surface area contributed by atoms with Crippen LogP contribution in [0.25, 0.3) is 0 Å². The van der Waals surface area contributed by atoms with Crippen LogP contribution in [0.2, 0.25) is 0 Å². The maximum Gasteiger partial charge on any atom is 0.387 e. The summed E-state index contributed by atoms with van der Waals surface area (Å²) in [6, 6.07) is 6.21. The Morgan fingerprint density at radius 2 is 1.83 bits per heavy atom. The van der Waals surface area contributed by atoms with Gasteiger partial charge in [0.2, 0.25) is 5.91 Å². The number of hydrogen-bond donors (Lipinski definition) is 1. The molecule has 0 radical (unpaired) electrons. The number of carbonyl (C=O) groups is 2. The molecule has 1 aromatic carbocycles. The van der Waals surface area contributed by atoms with E-state index in [1.54, 1.807) is 17.0 Å². The smallest absolute Gasteiger partial charge is 0.387 e. The molecule has 0 unspecified atom stereocenters. The first-order chi connectivity index (χ1) is 11.0. The number of nitrogens with zero attached hydrogens (tertiary/aromatic N) is 1. The Morgan fingerprint density at radius 3 is 2.35 bits per heavy atom. The van der Waals surface area contributed by atoms with Crippen LogP contribution in [-0.4, -0.2) is 41.6 Å². The van der Waals surface area contributed by atoms with E-state index in [9.17, 15) is 18.4 Å². The number of halogens is 2. The number of amides is 1. The van der Waals surface area contributed by atoms with Crippen molar-refractivity contribution in [2.45, 2.75) is 32.3 Å². The lowest BCUT2D eigenvalue weighted by atomic mass is 9.96. The van der Waals surface area contributed by atoms with Crippen LogP contribution in [0, 0.1) is 5.92 Å². The fourth-order valence-electron chi connectivity index (χ4n) is 2.62. The fraction of sp³-hybridized carbons (Fsp3) is 0.500. The van der Waals surface area contributed by atoms with Crippen molar-refractivity contribution in [3.05, 3.63) is 29.8 Å². The van der Waals surface area contributed by atoms with Gasteiger partial charge in [-0.2, -0.15) is 8.78 Å². The molecule has 7 heteroatoms. The SMILES string of the molecule is O=C(O)C1CCN(C(=O)CCc2ccc(OC(F)F)cc2)CC1. The summed E-state index contributed by atoms with van der Waals surface area (Å²) in [6.07, 6.45) is 1.79. The molecule has 126 valence electrons. The Labute approximate surface area is 132 Å². The third-order valence-electron chi connectivity index (χ3n) is 3.97. The van der Waals surface area contributed by atoms with Crippen molar-refractivity contribution in [1.29, 1.82) is 0 Å². The van der Waals surface area contributed by atoms with Gasteiger partial charge in [0.15, 0.2) is 0 Å². The Hall–Kier alpha value is -2.18. The second-order valence-corrected chi connectivity index (χ2v) is 5.52. The van der Waals surface area contributed by atoms with Crippen molar-refractivity contribution >= 4 is 11.9 Å². The number of piperidine rings is 1. The number of aliphatic carboxylic acids is 1. The highest BCUT2D eigenvalue weighted by Crippen LogP contribution is 2.19. The minimum atomic E-state index is -2.85. The summed E-state index contributed by atoms with van der Waals surface area (Å²) >= 11 is 0. The third-order valence-corrected chi connectivity index (χ3v) is 3.97. The Bertz CT molecular complexity index is 540. The number of aryl methyl sites for hydroxylation is 1. The van der Waals surface area contributed by atoms with Crippen LogP contribution >= 0.6 is 0 Å². The van der Waals surface area contributed by atoms with Crippen LogP contribution in [-0.2, 0) is 16.0 Å². The van der Waals surface area contributed by atoms with Crippen molar-refractivity contribution in [3.8, 4) is 5.75 Å². The number of likely N-dealkylation sites (tertiary alicyclic amines) is 1.